The summed E-state index contributed by atoms with van der Waals surface area (Å²) in [5.74, 6) is -0.0296. The largest absolute Gasteiger partial charge is 0.378 e. The van der Waals surface area contributed by atoms with Crippen LogP contribution in [0.15, 0.2) is 79.0 Å². The minimum absolute atomic E-state index is 0.0296. The van der Waals surface area contributed by atoms with E-state index in [4.69, 9.17) is 4.74 Å². The third-order valence-electron chi connectivity index (χ3n) is 5.28. The molecular formula is C24H25N3O2. The van der Waals surface area contributed by atoms with E-state index >= 15 is 0 Å². The Morgan fingerprint density at radius 1 is 0.966 bits per heavy atom. The minimum atomic E-state index is -0.246. The molecule has 148 valence electrons. The number of ether oxygens (including phenoxy) is 1. The van der Waals surface area contributed by atoms with E-state index in [9.17, 15) is 4.79 Å². The zero-order chi connectivity index (χ0) is 20.1. The van der Waals surface area contributed by atoms with Gasteiger partial charge in [-0.15, -0.1) is 0 Å². The Bertz CT molecular complexity index is 884. The van der Waals surface area contributed by atoms with Crippen LogP contribution in [0.4, 0.5) is 5.69 Å². The number of morpholine rings is 1. The van der Waals surface area contributed by atoms with Crippen LogP contribution in [0.25, 0.3) is 0 Å². The average Bonchev–Trinajstić information content (AvgIpc) is 2.81. The van der Waals surface area contributed by atoms with Gasteiger partial charge in [0.2, 0.25) is 0 Å². The van der Waals surface area contributed by atoms with Crippen molar-refractivity contribution in [3.8, 4) is 0 Å². The Labute approximate surface area is 171 Å². The average molecular weight is 387 g/mol. The Morgan fingerprint density at radius 3 is 2.31 bits per heavy atom. The molecule has 3 aromatic rings. The second kappa shape index (κ2) is 8.88. The first kappa shape index (κ1) is 19.2. The molecule has 1 aliphatic heterocycles. The van der Waals surface area contributed by atoms with E-state index < -0.39 is 0 Å². The first-order chi connectivity index (χ1) is 14.2. The Kier molecular flexibility index (Phi) is 5.86. The van der Waals surface area contributed by atoms with Crippen molar-refractivity contribution in [3.05, 3.63) is 95.8 Å². The molecule has 0 saturated carbocycles. The second-order valence-electron chi connectivity index (χ2n) is 7.13. The predicted octanol–water partition coefficient (Wildman–Crippen LogP) is 3.78. The molecule has 0 N–H and O–H groups in total. The van der Waals surface area contributed by atoms with E-state index in [-0.39, 0.29) is 11.9 Å². The summed E-state index contributed by atoms with van der Waals surface area (Å²) in [6.07, 6.45) is 1.76. The van der Waals surface area contributed by atoms with Crippen molar-refractivity contribution < 1.29 is 9.53 Å². The number of anilines is 1. The molecule has 29 heavy (non-hydrogen) atoms. The summed E-state index contributed by atoms with van der Waals surface area (Å²) < 4.78 is 5.42. The molecular weight excluding hydrogens is 362 g/mol. The van der Waals surface area contributed by atoms with Gasteiger partial charge in [-0.3, -0.25) is 9.78 Å². The number of amides is 1. The van der Waals surface area contributed by atoms with Gasteiger partial charge in [0.1, 0.15) is 0 Å². The highest BCUT2D eigenvalue weighted by Crippen LogP contribution is 2.28. The van der Waals surface area contributed by atoms with Crippen molar-refractivity contribution in [2.75, 3.05) is 38.3 Å². The van der Waals surface area contributed by atoms with Crippen molar-refractivity contribution >= 4 is 11.6 Å². The number of benzene rings is 2. The molecule has 1 fully saturated rings. The maximum Gasteiger partial charge on any atom is 0.254 e. The van der Waals surface area contributed by atoms with Gasteiger partial charge >= 0.3 is 0 Å². The molecule has 0 spiro atoms. The molecule has 1 saturated heterocycles. The fourth-order valence-electron chi connectivity index (χ4n) is 3.72. The van der Waals surface area contributed by atoms with Crippen LogP contribution in [0, 0.1) is 0 Å². The van der Waals surface area contributed by atoms with Crippen molar-refractivity contribution in [2.45, 2.75) is 6.04 Å². The summed E-state index contributed by atoms with van der Waals surface area (Å²) in [5.41, 5.74) is 3.67. The molecule has 5 heteroatoms. The number of carbonyl (C=O) groups excluding carboxylic acids is 1. The number of aromatic nitrogens is 1. The van der Waals surface area contributed by atoms with Crippen LogP contribution in [0.3, 0.4) is 0 Å². The zero-order valence-electron chi connectivity index (χ0n) is 16.6. The van der Waals surface area contributed by atoms with Gasteiger partial charge in [0.05, 0.1) is 24.9 Å². The molecule has 1 aliphatic rings. The van der Waals surface area contributed by atoms with E-state index in [1.807, 2.05) is 79.8 Å². The quantitative estimate of drug-likeness (QED) is 0.668. The maximum atomic E-state index is 13.3. The summed E-state index contributed by atoms with van der Waals surface area (Å²) >= 11 is 0. The first-order valence-electron chi connectivity index (χ1n) is 9.90. The highest BCUT2D eigenvalue weighted by atomic mass is 16.5. The lowest BCUT2D eigenvalue weighted by molar-refractivity contribution is 0.0752. The van der Waals surface area contributed by atoms with E-state index in [0.717, 1.165) is 43.2 Å². The Balaban J connectivity index is 1.59. The number of hydrogen-bond donors (Lipinski definition) is 0. The van der Waals surface area contributed by atoms with Crippen molar-refractivity contribution in [3.63, 3.8) is 0 Å². The standard InChI is InChI=1S/C24H25N3O2/c1-26(23(19-7-3-2-4-8-19)22-9-5-6-14-25-22)24(28)20-10-12-21(13-11-20)27-15-17-29-18-16-27/h2-14,23H,15-18H2,1H3/t23-/m0/s1. The Hall–Kier alpha value is -3.18. The van der Waals surface area contributed by atoms with E-state index in [1.54, 1.807) is 11.1 Å². The molecule has 1 amide bonds. The van der Waals surface area contributed by atoms with Crippen LogP contribution in [-0.2, 0) is 4.74 Å². The molecule has 0 radical (unpaired) electrons. The number of pyridine rings is 1. The van der Waals surface area contributed by atoms with Crippen LogP contribution in [-0.4, -0.2) is 49.1 Å². The molecule has 0 aliphatic carbocycles. The molecule has 5 nitrogen and oxygen atoms in total. The highest BCUT2D eigenvalue weighted by Gasteiger charge is 2.25. The van der Waals surface area contributed by atoms with Crippen LogP contribution < -0.4 is 4.90 Å². The first-order valence-corrected chi connectivity index (χ1v) is 9.90. The van der Waals surface area contributed by atoms with Gasteiger partial charge in [0.25, 0.3) is 5.91 Å². The summed E-state index contributed by atoms with van der Waals surface area (Å²) in [6.45, 7) is 3.24. The summed E-state index contributed by atoms with van der Waals surface area (Å²) in [6, 6.07) is 23.4. The van der Waals surface area contributed by atoms with Crippen LogP contribution >= 0.6 is 0 Å². The summed E-state index contributed by atoms with van der Waals surface area (Å²) in [7, 11) is 1.84. The molecule has 1 aromatic heterocycles. The van der Waals surface area contributed by atoms with Crippen LogP contribution in [0.5, 0.6) is 0 Å². The van der Waals surface area contributed by atoms with Crippen molar-refractivity contribution in [2.24, 2.45) is 0 Å². The van der Waals surface area contributed by atoms with E-state index in [1.165, 1.54) is 0 Å². The van der Waals surface area contributed by atoms with Gasteiger partial charge in [0, 0.05) is 37.6 Å². The highest BCUT2D eigenvalue weighted by molar-refractivity contribution is 5.95. The van der Waals surface area contributed by atoms with Crippen LogP contribution in [0.1, 0.15) is 27.7 Å². The lowest BCUT2D eigenvalue weighted by atomic mass is 10.0. The molecule has 2 aromatic carbocycles. The molecule has 2 heterocycles. The predicted molar refractivity (Wildman–Crippen MR) is 114 cm³/mol. The molecule has 1 atom stereocenters. The molecule has 0 bridgehead atoms. The number of nitrogens with zero attached hydrogens (tertiary/aromatic N) is 3. The van der Waals surface area contributed by atoms with Crippen LogP contribution in [0.2, 0.25) is 0 Å². The molecule has 0 unspecified atom stereocenters. The monoisotopic (exact) mass is 387 g/mol. The number of hydrogen-bond acceptors (Lipinski definition) is 4. The second-order valence-corrected chi connectivity index (χ2v) is 7.13. The fourth-order valence-corrected chi connectivity index (χ4v) is 3.72. The lowest BCUT2D eigenvalue weighted by Gasteiger charge is -2.30. The smallest absolute Gasteiger partial charge is 0.254 e. The summed E-state index contributed by atoms with van der Waals surface area (Å²) in [4.78, 5) is 21.8. The fraction of sp³-hybridized carbons (Fsp3) is 0.250. The number of rotatable bonds is 5. The van der Waals surface area contributed by atoms with Crippen molar-refractivity contribution in [1.29, 1.82) is 0 Å². The van der Waals surface area contributed by atoms with E-state index in [0.29, 0.717) is 5.56 Å². The third-order valence-corrected chi connectivity index (χ3v) is 5.28. The van der Waals surface area contributed by atoms with Gasteiger partial charge < -0.3 is 14.5 Å². The zero-order valence-corrected chi connectivity index (χ0v) is 16.6. The van der Waals surface area contributed by atoms with Gasteiger partial charge in [-0.25, -0.2) is 0 Å². The number of carbonyl (C=O) groups is 1. The minimum Gasteiger partial charge on any atom is -0.378 e. The van der Waals surface area contributed by atoms with Gasteiger partial charge in [0.15, 0.2) is 0 Å². The summed E-state index contributed by atoms with van der Waals surface area (Å²) in [5, 5.41) is 0. The van der Waals surface area contributed by atoms with Gasteiger partial charge in [-0.2, -0.15) is 0 Å². The lowest BCUT2D eigenvalue weighted by Crippen LogP contribution is -2.36. The van der Waals surface area contributed by atoms with Crippen molar-refractivity contribution in [1.82, 2.24) is 9.88 Å². The Morgan fingerprint density at radius 2 is 1.66 bits per heavy atom. The maximum absolute atomic E-state index is 13.3. The van der Waals surface area contributed by atoms with Gasteiger partial charge in [-0.05, 0) is 42.0 Å². The topological polar surface area (TPSA) is 45.7 Å². The van der Waals surface area contributed by atoms with E-state index in [2.05, 4.69) is 9.88 Å². The SMILES string of the molecule is CN(C(=O)c1ccc(N2CCOCC2)cc1)[C@@H](c1ccccc1)c1ccccn1. The third kappa shape index (κ3) is 4.30. The normalized spacial score (nSPS) is 15.0. The van der Waals surface area contributed by atoms with Gasteiger partial charge in [-0.1, -0.05) is 36.4 Å². The molecule has 4 rings (SSSR count).